The highest BCUT2D eigenvalue weighted by Gasteiger charge is 2.29. The minimum Gasteiger partial charge on any atom is -0.354 e. The van der Waals surface area contributed by atoms with E-state index in [0.717, 1.165) is 5.92 Å². The number of nitrogens with zero attached hydrogens (tertiary/aromatic N) is 1. The zero-order valence-corrected chi connectivity index (χ0v) is 8.57. The zero-order chi connectivity index (χ0) is 9.42. The SMILES string of the molecule is CC(C)C1C=CC=C2C1C=CN2C. The van der Waals surface area contributed by atoms with Gasteiger partial charge in [0.2, 0.25) is 0 Å². The van der Waals surface area contributed by atoms with Crippen LogP contribution in [0.2, 0.25) is 0 Å². The maximum atomic E-state index is 2.34. The average Bonchev–Trinajstić information content (AvgIpc) is 2.48. The number of allylic oxidation sites excluding steroid dienone is 4. The van der Waals surface area contributed by atoms with E-state index in [2.05, 4.69) is 56.3 Å². The molecule has 2 unspecified atom stereocenters. The molecular formula is C12H17N. The first-order valence-electron chi connectivity index (χ1n) is 4.99. The summed E-state index contributed by atoms with van der Waals surface area (Å²) in [5.74, 6) is 2.03. The van der Waals surface area contributed by atoms with Crippen molar-refractivity contribution in [3.63, 3.8) is 0 Å². The van der Waals surface area contributed by atoms with Crippen LogP contribution in [0.3, 0.4) is 0 Å². The fourth-order valence-electron chi connectivity index (χ4n) is 2.23. The van der Waals surface area contributed by atoms with Crippen molar-refractivity contribution in [1.29, 1.82) is 0 Å². The second kappa shape index (κ2) is 3.06. The summed E-state index contributed by atoms with van der Waals surface area (Å²) in [5.41, 5.74) is 1.45. The Morgan fingerprint density at radius 2 is 2.08 bits per heavy atom. The van der Waals surface area contributed by atoms with Crippen molar-refractivity contribution >= 4 is 0 Å². The van der Waals surface area contributed by atoms with Crippen molar-refractivity contribution < 1.29 is 0 Å². The van der Waals surface area contributed by atoms with Gasteiger partial charge in [0, 0.05) is 24.9 Å². The molecule has 0 aromatic carbocycles. The van der Waals surface area contributed by atoms with Crippen molar-refractivity contribution in [1.82, 2.24) is 4.90 Å². The van der Waals surface area contributed by atoms with Crippen LogP contribution < -0.4 is 0 Å². The molecule has 1 aliphatic heterocycles. The van der Waals surface area contributed by atoms with E-state index in [1.54, 1.807) is 0 Å². The Bertz CT molecular complexity index is 283. The maximum Gasteiger partial charge on any atom is 0.0254 e. The lowest BCUT2D eigenvalue weighted by Crippen LogP contribution is -2.22. The summed E-state index contributed by atoms with van der Waals surface area (Å²) < 4.78 is 0. The molecule has 1 heteroatoms. The fraction of sp³-hybridized carbons (Fsp3) is 0.500. The lowest BCUT2D eigenvalue weighted by molar-refractivity contribution is 0.369. The number of rotatable bonds is 1. The summed E-state index contributed by atoms with van der Waals surface area (Å²) in [6.07, 6.45) is 11.3. The van der Waals surface area contributed by atoms with Crippen LogP contribution in [-0.4, -0.2) is 11.9 Å². The molecule has 0 aromatic heterocycles. The number of hydrogen-bond acceptors (Lipinski definition) is 1. The van der Waals surface area contributed by atoms with Crippen molar-refractivity contribution in [3.05, 3.63) is 36.2 Å². The fourth-order valence-corrected chi connectivity index (χ4v) is 2.23. The maximum absolute atomic E-state index is 2.34. The van der Waals surface area contributed by atoms with Gasteiger partial charge in [-0.25, -0.2) is 0 Å². The van der Waals surface area contributed by atoms with Crippen molar-refractivity contribution in [2.45, 2.75) is 13.8 Å². The molecule has 0 radical (unpaired) electrons. The molecule has 0 N–H and O–H groups in total. The summed E-state index contributed by atoms with van der Waals surface area (Å²) in [5, 5.41) is 0. The molecule has 13 heavy (non-hydrogen) atoms. The molecule has 0 aromatic rings. The zero-order valence-electron chi connectivity index (χ0n) is 8.57. The van der Waals surface area contributed by atoms with Gasteiger partial charge in [-0.2, -0.15) is 0 Å². The molecule has 0 saturated heterocycles. The van der Waals surface area contributed by atoms with Crippen LogP contribution in [0.25, 0.3) is 0 Å². The summed E-state index contributed by atoms with van der Waals surface area (Å²) in [6.45, 7) is 4.59. The Balaban J connectivity index is 2.26. The molecule has 70 valence electrons. The van der Waals surface area contributed by atoms with Crippen LogP contribution in [0.1, 0.15) is 13.8 Å². The second-order valence-corrected chi connectivity index (χ2v) is 4.28. The van der Waals surface area contributed by atoms with Gasteiger partial charge < -0.3 is 4.90 Å². The van der Waals surface area contributed by atoms with Crippen LogP contribution in [0.15, 0.2) is 36.2 Å². The molecule has 0 amide bonds. The van der Waals surface area contributed by atoms with Crippen molar-refractivity contribution in [3.8, 4) is 0 Å². The van der Waals surface area contributed by atoms with Gasteiger partial charge in [-0.3, -0.25) is 0 Å². The van der Waals surface area contributed by atoms with E-state index in [-0.39, 0.29) is 0 Å². The van der Waals surface area contributed by atoms with E-state index in [4.69, 9.17) is 0 Å². The predicted molar refractivity (Wildman–Crippen MR) is 55.9 cm³/mol. The van der Waals surface area contributed by atoms with E-state index >= 15 is 0 Å². The van der Waals surface area contributed by atoms with Gasteiger partial charge in [0.25, 0.3) is 0 Å². The smallest absolute Gasteiger partial charge is 0.0254 e. The first kappa shape index (κ1) is 8.61. The summed E-state index contributed by atoms with van der Waals surface area (Å²) in [6, 6.07) is 0. The molecule has 0 fully saturated rings. The van der Waals surface area contributed by atoms with Crippen LogP contribution in [0.5, 0.6) is 0 Å². The normalized spacial score (nSPS) is 31.1. The Morgan fingerprint density at radius 3 is 2.77 bits per heavy atom. The lowest BCUT2D eigenvalue weighted by atomic mass is 9.79. The van der Waals surface area contributed by atoms with E-state index in [1.165, 1.54) is 5.70 Å². The van der Waals surface area contributed by atoms with Gasteiger partial charge in [-0.15, -0.1) is 0 Å². The standard InChI is InChI=1S/C12H17N/c1-9(2)10-5-4-6-12-11(10)7-8-13(12)3/h4-11H,1-3H3. The third-order valence-electron chi connectivity index (χ3n) is 3.05. The highest BCUT2D eigenvalue weighted by molar-refractivity contribution is 5.31. The van der Waals surface area contributed by atoms with Gasteiger partial charge in [0.1, 0.15) is 0 Å². The minimum atomic E-state index is 0.620. The first-order valence-corrected chi connectivity index (χ1v) is 4.99. The van der Waals surface area contributed by atoms with E-state index in [1.807, 2.05) is 0 Å². The topological polar surface area (TPSA) is 3.24 Å². The molecule has 0 spiro atoms. The van der Waals surface area contributed by atoms with Gasteiger partial charge in [0.05, 0.1) is 0 Å². The van der Waals surface area contributed by atoms with Crippen LogP contribution >= 0.6 is 0 Å². The molecule has 0 saturated carbocycles. The molecule has 1 aliphatic carbocycles. The van der Waals surface area contributed by atoms with Gasteiger partial charge in [-0.1, -0.05) is 32.1 Å². The lowest BCUT2D eigenvalue weighted by Gasteiger charge is -2.29. The predicted octanol–water partition coefficient (Wildman–Crippen LogP) is 2.79. The largest absolute Gasteiger partial charge is 0.354 e. The van der Waals surface area contributed by atoms with Crippen LogP contribution in [-0.2, 0) is 0 Å². The third-order valence-corrected chi connectivity index (χ3v) is 3.05. The van der Waals surface area contributed by atoms with E-state index < -0.39 is 0 Å². The first-order chi connectivity index (χ1) is 6.20. The average molecular weight is 175 g/mol. The Morgan fingerprint density at radius 1 is 1.31 bits per heavy atom. The third kappa shape index (κ3) is 1.32. The monoisotopic (exact) mass is 175 g/mol. The van der Waals surface area contributed by atoms with E-state index in [9.17, 15) is 0 Å². The second-order valence-electron chi connectivity index (χ2n) is 4.28. The summed E-state index contributed by atoms with van der Waals surface area (Å²) in [7, 11) is 2.12. The van der Waals surface area contributed by atoms with E-state index in [0.29, 0.717) is 11.8 Å². The summed E-state index contributed by atoms with van der Waals surface area (Å²) in [4.78, 5) is 2.23. The molecule has 2 atom stereocenters. The van der Waals surface area contributed by atoms with Crippen LogP contribution in [0, 0.1) is 17.8 Å². The van der Waals surface area contributed by atoms with Crippen molar-refractivity contribution in [2.75, 3.05) is 7.05 Å². The van der Waals surface area contributed by atoms with Gasteiger partial charge in [-0.05, 0) is 17.9 Å². The quantitative estimate of drug-likeness (QED) is 0.592. The molecule has 1 nitrogen and oxygen atoms in total. The molecule has 2 aliphatic rings. The molecular weight excluding hydrogens is 158 g/mol. The van der Waals surface area contributed by atoms with Crippen molar-refractivity contribution in [2.24, 2.45) is 17.8 Å². The minimum absolute atomic E-state index is 0.620. The number of hydrogen-bond donors (Lipinski definition) is 0. The Kier molecular flexibility index (Phi) is 2.03. The number of fused-ring (bicyclic) bond motifs is 1. The Labute approximate surface area is 80.4 Å². The van der Waals surface area contributed by atoms with Crippen LogP contribution in [0.4, 0.5) is 0 Å². The highest BCUT2D eigenvalue weighted by atomic mass is 15.1. The Hall–Kier alpha value is -0.980. The molecule has 2 rings (SSSR count). The molecule has 0 bridgehead atoms. The van der Waals surface area contributed by atoms with Gasteiger partial charge in [0.15, 0.2) is 0 Å². The van der Waals surface area contributed by atoms with Gasteiger partial charge >= 0.3 is 0 Å². The highest BCUT2D eigenvalue weighted by Crippen LogP contribution is 2.37. The molecule has 1 heterocycles. The summed E-state index contributed by atoms with van der Waals surface area (Å²) >= 11 is 0.